The second-order valence-corrected chi connectivity index (χ2v) is 4.83. The van der Waals surface area contributed by atoms with Crippen LogP contribution < -0.4 is 14.8 Å². The number of methoxy groups -OCH3 is 1. The summed E-state index contributed by atoms with van der Waals surface area (Å²) in [5, 5.41) is 3.14. The molecule has 2 aromatic rings. The predicted octanol–water partition coefficient (Wildman–Crippen LogP) is 3.69. The van der Waals surface area contributed by atoms with Gasteiger partial charge in [0.05, 0.1) is 7.11 Å². The summed E-state index contributed by atoms with van der Waals surface area (Å²) in [7, 11) is 3.49. The Hall–Kier alpha value is -2.07. The molecular weight excluding hydrogens is 269 g/mol. The van der Waals surface area contributed by atoms with Crippen LogP contribution in [-0.2, 0) is 6.61 Å². The third-order valence-electron chi connectivity index (χ3n) is 3.43. The van der Waals surface area contributed by atoms with E-state index in [9.17, 15) is 4.39 Å². The van der Waals surface area contributed by atoms with Crippen molar-refractivity contribution in [3.8, 4) is 11.5 Å². The Morgan fingerprint density at radius 3 is 2.48 bits per heavy atom. The van der Waals surface area contributed by atoms with Gasteiger partial charge in [-0.15, -0.1) is 0 Å². The van der Waals surface area contributed by atoms with Crippen molar-refractivity contribution in [3.05, 3.63) is 59.4 Å². The maximum absolute atomic E-state index is 13.4. The van der Waals surface area contributed by atoms with Crippen molar-refractivity contribution in [3.63, 3.8) is 0 Å². The molecule has 21 heavy (non-hydrogen) atoms. The van der Waals surface area contributed by atoms with Crippen molar-refractivity contribution in [2.24, 2.45) is 0 Å². The van der Waals surface area contributed by atoms with E-state index < -0.39 is 0 Å². The number of nitrogens with one attached hydrogen (secondary N) is 1. The summed E-state index contributed by atoms with van der Waals surface area (Å²) in [5.41, 5.74) is 1.94. The number of hydrogen-bond acceptors (Lipinski definition) is 3. The molecule has 2 rings (SSSR count). The van der Waals surface area contributed by atoms with Gasteiger partial charge in [-0.3, -0.25) is 0 Å². The van der Waals surface area contributed by atoms with Gasteiger partial charge in [0.25, 0.3) is 0 Å². The normalized spacial score (nSPS) is 12.0. The van der Waals surface area contributed by atoms with E-state index in [2.05, 4.69) is 5.32 Å². The molecule has 0 aliphatic rings. The van der Waals surface area contributed by atoms with Crippen LogP contribution in [-0.4, -0.2) is 14.2 Å². The van der Waals surface area contributed by atoms with Crippen LogP contribution in [0.3, 0.4) is 0 Å². The second kappa shape index (κ2) is 7.09. The molecule has 0 fully saturated rings. The van der Waals surface area contributed by atoms with Crippen molar-refractivity contribution >= 4 is 0 Å². The quantitative estimate of drug-likeness (QED) is 0.879. The average molecular weight is 289 g/mol. The van der Waals surface area contributed by atoms with Gasteiger partial charge >= 0.3 is 0 Å². The Kier molecular flexibility index (Phi) is 5.17. The third kappa shape index (κ3) is 3.95. The topological polar surface area (TPSA) is 30.5 Å². The highest BCUT2D eigenvalue weighted by Crippen LogP contribution is 2.27. The van der Waals surface area contributed by atoms with Crippen molar-refractivity contribution in [1.82, 2.24) is 5.32 Å². The number of ether oxygens (including phenoxy) is 2. The van der Waals surface area contributed by atoms with Crippen molar-refractivity contribution < 1.29 is 13.9 Å². The van der Waals surface area contributed by atoms with Crippen molar-refractivity contribution in [2.75, 3.05) is 14.2 Å². The van der Waals surface area contributed by atoms with Gasteiger partial charge in [-0.1, -0.05) is 18.2 Å². The average Bonchev–Trinajstić information content (AvgIpc) is 2.52. The summed E-state index contributed by atoms with van der Waals surface area (Å²) in [6.07, 6.45) is 0. The monoisotopic (exact) mass is 289 g/mol. The molecule has 0 heterocycles. The zero-order valence-electron chi connectivity index (χ0n) is 12.5. The van der Waals surface area contributed by atoms with Gasteiger partial charge < -0.3 is 14.8 Å². The fourth-order valence-corrected chi connectivity index (χ4v) is 2.03. The molecule has 0 amide bonds. The lowest BCUT2D eigenvalue weighted by molar-refractivity contribution is 0.298. The first kappa shape index (κ1) is 15.3. The molecule has 1 N–H and O–H groups in total. The first-order chi connectivity index (χ1) is 10.1. The molecule has 0 bridgehead atoms. The summed E-state index contributed by atoms with van der Waals surface area (Å²) in [5.74, 6) is 1.06. The van der Waals surface area contributed by atoms with Gasteiger partial charge in [-0.25, -0.2) is 4.39 Å². The summed E-state index contributed by atoms with van der Waals surface area (Å²) < 4.78 is 24.3. The number of halogens is 1. The van der Waals surface area contributed by atoms with Crippen LogP contribution in [0.5, 0.6) is 11.5 Å². The van der Waals surface area contributed by atoms with Gasteiger partial charge in [-0.2, -0.15) is 0 Å². The smallest absolute Gasteiger partial charge is 0.127 e. The van der Waals surface area contributed by atoms with Gasteiger partial charge in [0.1, 0.15) is 23.9 Å². The molecule has 0 radical (unpaired) electrons. The van der Waals surface area contributed by atoms with E-state index in [1.54, 1.807) is 13.2 Å². The van der Waals surface area contributed by atoms with E-state index in [1.807, 2.05) is 38.2 Å². The minimum atomic E-state index is -0.299. The second-order valence-electron chi connectivity index (χ2n) is 4.83. The fraction of sp³-hybridized carbons (Fsp3) is 0.294. The molecule has 3 nitrogen and oxygen atoms in total. The number of hydrogen-bond donors (Lipinski definition) is 1. The highest BCUT2D eigenvalue weighted by atomic mass is 19.1. The van der Waals surface area contributed by atoms with Crippen molar-refractivity contribution in [2.45, 2.75) is 19.6 Å². The van der Waals surface area contributed by atoms with Crippen LogP contribution in [0.2, 0.25) is 0 Å². The number of benzene rings is 2. The number of rotatable bonds is 6. The Balaban J connectivity index is 2.12. The lowest BCUT2D eigenvalue weighted by Gasteiger charge is -2.16. The molecule has 4 heteroatoms. The zero-order chi connectivity index (χ0) is 15.2. The molecule has 1 unspecified atom stereocenters. The van der Waals surface area contributed by atoms with Gasteiger partial charge in [0.2, 0.25) is 0 Å². The summed E-state index contributed by atoms with van der Waals surface area (Å²) in [4.78, 5) is 0. The Labute approximate surface area is 124 Å². The Bertz CT molecular complexity index is 584. The maximum Gasteiger partial charge on any atom is 0.127 e. The highest BCUT2D eigenvalue weighted by molar-refractivity contribution is 5.36. The lowest BCUT2D eigenvalue weighted by Crippen LogP contribution is -2.14. The minimum Gasteiger partial charge on any atom is -0.497 e. The molecule has 0 saturated heterocycles. The Morgan fingerprint density at radius 2 is 1.86 bits per heavy atom. The SMILES string of the molecule is CNC(C)c1ccc(F)cc1OCc1ccc(OC)cc1. The summed E-state index contributed by atoms with van der Waals surface area (Å²) in [6, 6.07) is 12.3. The first-order valence-corrected chi connectivity index (χ1v) is 6.86. The maximum atomic E-state index is 13.4. The molecule has 0 spiro atoms. The van der Waals surface area contributed by atoms with E-state index in [0.717, 1.165) is 16.9 Å². The molecule has 2 aromatic carbocycles. The molecule has 0 aromatic heterocycles. The van der Waals surface area contributed by atoms with Crippen molar-refractivity contribution in [1.29, 1.82) is 0 Å². The van der Waals surface area contributed by atoms with Crippen LogP contribution >= 0.6 is 0 Å². The van der Waals surface area contributed by atoms with Crippen LogP contribution in [0.15, 0.2) is 42.5 Å². The molecule has 1 atom stereocenters. The van der Waals surface area contributed by atoms with Gasteiger partial charge in [-0.05, 0) is 37.7 Å². The van der Waals surface area contributed by atoms with Crippen LogP contribution in [0, 0.1) is 5.82 Å². The molecular formula is C17H20FNO2. The van der Waals surface area contributed by atoms with E-state index in [-0.39, 0.29) is 11.9 Å². The minimum absolute atomic E-state index is 0.0940. The molecule has 112 valence electrons. The molecule has 0 aliphatic carbocycles. The van der Waals surface area contributed by atoms with Gasteiger partial charge in [0, 0.05) is 17.7 Å². The summed E-state index contributed by atoms with van der Waals surface area (Å²) >= 11 is 0. The predicted molar refractivity (Wildman–Crippen MR) is 81.2 cm³/mol. The van der Waals surface area contributed by atoms with E-state index in [1.165, 1.54) is 12.1 Å². The van der Waals surface area contributed by atoms with Crippen LogP contribution in [0.4, 0.5) is 4.39 Å². The highest BCUT2D eigenvalue weighted by Gasteiger charge is 2.11. The standard InChI is InChI=1S/C17H20FNO2/c1-12(19-2)16-9-6-14(18)10-17(16)21-11-13-4-7-15(20-3)8-5-13/h4-10,12,19H,11H2,1-3H3. The van der Waals surface area contributed by atoms with Crippen LogP contribution in [0.1, 0.15) is 24.1 Å². The third-order valence-corrected chi connectivity index (χ3v) is 3.43. The molecule has 0 aliphatic heterocycles. The largest absolute Gasteiger partial charge is 0.497 e. The first-order valence-electron chi connectivity index (χ1n) is 6.86. The zero-order valence-corrected chi connectivity index (χ0v) is 12.5. The molecule has 0 saturated carbocycles. The lowest BCUT2D eigenvalue weighted by atomic mass is 10.1. The van der Waals surface area contributed by atoms with Crippen LogP contribution in [0.25, 0.3) is 0 Å². The van der Waals surface area contributed by atoms with E-state index in [0.29, 0.717) is 12.4 Å². The van der Waals surface area contributed by atoms with E-state index in [4.69, 9.17) is 9.47 Å². The fourth-order valence-electron chi connectivity index (χ4n) is 2.03. The van der Waals surface area contributed by atoms with Gasteiger partial charge in [0.15, 0.2) is 0 Å². The van der Waals surface area contributed by atoms with E-state index >= 15 is 0 Å². The Morgan fingerprint density at radius 1 is 1.14 bits per heavy atom. The summed E-state index contributed by atoms with van der Waals surface area (Å²) in [6.45, 7) is 2.39.